The maximum atomic E-state index is 12.5. The molecule has 7 heteroatoms. The predicted molar refractivity (Wildman–Crippen MR) is 89.6 cm³/mol. The minimum atomic E-state index is 0.279. The standard InChI is InChI=1S/C17H25N5O2/c23-16(11-21-5-7-24-8-6-21)22-4-2-17(12-22)9-14(10-17)20-15-1-3-18-13-19-15/h1,3,13-14H,2,4-12H2,(H,18,19,20). The van der Waals surface area contributed by atoms with Crippen LogP contribution < -0.4 is 5.32 Å². The molecule has 3 fully saturated rings. The SMILES string of the molecule is O=C(CN1CCOCC1)N1CCC2(CC(Nc3ccncn3)C2)C1. The number of aromatic nitrogens is 2. The Morgan fingerprint density at radius 1 is 1.33 bits per heavy atom. The molecule has 0 unspecified atom stereocenters. The molecule has 4 rings (SSSR count). The number of nitrogens with zero attached hydrogens (tertiary/aromatic N) is 4. The number of amides is 1. The second-order valence-corrected chi connectivity index (χ2v) is 7.30. The van der Waals surface area contributed by atoms with Crippen molar-refractivity contribution >= 4 is 11.7 Å². The van der Waals surface area contributed by atoms with Crippen molar-refractivity contribution in [1.29, 1.82) is 0 Å². The highest BCUT2D eigenvalue weighted by atomic mass is 16.5. The lowest BCUT2D eigenvalue weighted by atomic mass is 9.65. The van der Waals surface area contributed by atoms with Gasteiger partial charge in [-0.1, -0.05) is 0 Å². The summed E-state index contributed by atoms with van der Waals surface area (Å²) >= 11 is 0. The van der Waals surface area contributed by atoms with E-state index in [0.29, 0.717) is 18.0 Å². The van der Waals surface area contributed by atoms with E-state index in [1.165, 1.54) is 0 Å². The minimum absolute atomic E-state index is 0.279. The number of morpholine rings is 1. The molecule has 1 aromatic heterocycles. The Labute approximate surface area is 142 Å². The second-order valence-electron chi connectivity index (χ2n) is 7.30. The van der Waals surface area contributed by atoms with Crippen molar-refractivity contribution in [3.05, 3.63) is 18.6 Å². The van der Waals surface area contributed by atoms with Crippen molar-refractivity contribution in [2.24, 2.45) is 5.41 Å². The van der Waals surface area contributed by atoms with Crippen LogP contribution in [0.1, 0.15) is 19.3 Å². The van der Waals surface area contributed by atoms with Crippen molar-refractivity contribution in [3.63, 3.8) is 0 Å². The molecule has 2 aliphatic heterocycles. The van der Waals surface area contributed by atoms with Gasteiger partial charge in [-0.3, -0.25) is 9.69 Å². The van der Waals surface area contributed by atoms with Crippen molar-refractivity contribution < 1.29 is 9.53 Å². The smallest absolute Gasteiger partial charge is 0.236 e. The van der Waals surface area contributed by atoms with Crippen LogP contribution in [-0.2, 0) is 9.53 Å². The lowest BCUT2D eigenvalue weighted by molar-refractivity contribution is -0.133. The number of ether oxygens (including phenoxy) is 1. The van der Waals surface area contributed by atoms with E-state index < -0.39 is 0 Å². The van der Waals surface area contributed by atoms with Crippen LogP contribution in [0.15, 0.2) is 18.6 Å². The fourth-order valence-corrected chi connectivity index (χ4v) is 4.20. The van der Waals surface area contributed by atoms with E-state index in [4.69, 9.17) is 4.74 Å². The van der Waals surface area contributed by atoms with Crippen LogP contribution in [0.4, 0.5) is 5.82 Å². The van der Waals surface area contributed by atoms with Gasteiger partial charge < -0.3 is 15.0 Å². The fraction of sp³-hybridized carbons (Fsp3) is 0.706. The van der Waals surface area contributed by atoms with Gasteiger partial charge in [-0.2, -0.15) is 0 Å². The first-order valence-electron chi connectivity index (χ1n) is 8.83. The first-order chi connectivity index (χ1) is 11.7. The van der Waals surface area contributed by atoms with Crippen LogP contribution in [-0.4, -0.2) is 77.7 Å². The Hall–Kier alpha value is -1.73. The van der Waals surface area contributed by atoms with Gasteiger partial charge in [0.05, 0.1) is 19.8 Å². The molecule has 1 amide bonds. The van der Waals surface area contributed by atoms with Crippen LogP contribution in [0.5, 0.6) is 0 Å². The molecule has 24 heavy (non-hydrogen) atoms. The third kappa shape index (κ3) is 3.37. The van der Waals surface area contributed by atoms with Crippen LogP contribution in [0.2, 0.25) is 0 Å². The quantitative estimate of drug-likeness (QED) is 0.871. The summed E-state index contributed by atoms with van der Waals surface area (Å²) in [5, 5.41) is 3.46. The van der Waals surface area contributed by atoms with Gasteiger partial charge in [-0.25, -0.2) is 9.97 Å². The highest BCUT2D eigenvalue weighted by molar-refractivity contribution is 5.78. The fourth-order valence-electron chi connectivity index (χ4n) is 4.20. The van der Waals surface area contributed by atoms with Crippen LogP contribution >= 0.6 is 0 Å². The van der Waals surface area contributed by atoms with Crippen molar-refractivity contribution in [1.82, 2.24) is 19.8 Å². The molecule has 0 aromatic carbocycles. The number of nitrogens with one attached hydrogen (secondary N) is 1. The van der Waals surface area contributed by atoms with Gasteiger partial charge in [-0.15, -0.1) is 0 Å². The number of carbonyl (C=O) groups is 1. The summed E-state index contributed by atoms with van der Waals surface area (Å²) in [6.07, 6.45) is 6.70. The van der Waals surface area contributed by atoms with Gasteiger partial charge in [0, 0.05) is 38.4 Å². The minimum Gasteiger partial charge on any atom is -0.379 e. The third-order valence-corrected chi connectivity index (χ3v) is 5.55. The lowest BCUT2D eigenvalue weighted by Gasteiger charge is -2.45. The molecule has 2 saturated heterocycles. The van der Waals surface area contributed by atoms with Gasteiger partial charge >= 0.3 is 0 Å². The number of anilines is 1. The molecular weight excluding hydrogens is 306 g/mol. The first-order valence-corrected chi connectivity index (χ1v) is 8.83. The van der Waals surface area contributed by atoms with E-state index in [2.05, 4.69) is 25.1 Å². The molecule has 1 saturated carbocycles. The maximum Gasteiger partial charge on any atom is 0.236 e. The highest BCUT2D eigenvalue weighted by Gasteiger charge is 2.49. The zero-order chi connectivity index (χ0) is 16.4. The van der Waals surface area contributed by atoms with Crippen LogP contribution in [0.3, 0.4) is 0 Å². The Balaban J connectivity index is 1.24. The molecule has 0 radical (unpaired) electrons. The molecule has 0 atom stereocenters. The number of hydrogen-bond donors (Lipinski definition) is 1. The van der Waals surface area contributed by atoms with Crippen molar-refractivity contribution in [2.75, 3.05) is 51.3 Å². The van der Waals surface area contributed by atoms with E-state index in [0.717, 1.165) is 64.5 Å². The van der Waals surface area contributed by atoms with E-state index in [1.807, 2.05) is 6.07 Å². The van der Waals surface area contributed by atoms with Crippen molar-refractivity contribution in [2.45, 2.75) is 25.3 Å². The number of likely N-dealkylation sites (tertiary alicyclic amines) is 1. The average molecular weight is 331 g/mol. The van der Waals surface area contributed by atoms with E-state index in [1.54, 1.807) is 12.5 Å². The summed E-state index contributed by atoms with van der Waals surface area (Å²) in [6.45, 7) is 5.59. The molecule has 3 aliphatic rings. The van der Waals surface area contributed by atoms with E-state index >= 15 is 0 Å². The zero-order valence-electron chi connectivity index (χ0n) is 14.0. The molecule has 1 spiro atoms. The average Bonchev–Trinajstić information content (AvgIpc) is 3.02. The Kier molecular flexibility index (Phi) is 4.37. The Morgan fingerprint density at radius 2 is 2.17 bits per heavy atom. The summed E-state index contributed by atoms with van der Waals surface area (Å²) in [4.78, 5) is 25.0. The largest absolute Gasteiger partial charge is 0.379 e. The molecule has 1 aliphatic carbocycles. The summed E-state index contributed by atoms with van der Waals surface area (Å²) in [6, 6.07) is 2.37. The first kappa shape index (κ1) is 15.8. The van der Waals surface area contributed by atoms with E-state index in [-0.39, 0.29) is 5.91 Å². The van der Waals surface area contributed by atoms with Crippen LogP contribution in [0, 0.1) is 5.41 Å². The molecule has 130 valence electrons. The van der Waals surface area contributed by atoms with Gasteiger partial charge in [0.1, 0.15) is 12.1 Å². The summed E-state index contributed by atoms with van der Waals surface area (Å²) in [5.41, 5.74) is 0.325. The monoisotopic (exact) mass is 331 g/mol. The highest BCUT2D eigenvalue weighted by Crippen LogP contribution is 2.49. The molecule has 0 bridgehead atoms. The van der Waals surface area contributed by atoms with Gasteiger partial charge in [-0.05, 0) is 30.7 Å². The van der Waals surface area contributed by atoms with Gasteiger partial charge in [0.15, 0.2) is 0 Å². The Bertz CT molecular complexity index is 570. The molecule has 1 aromatic rings. The lowest BCUT2D eigenvalue weighted by Crippen LogP contribution is -2.49. The number of hydrogen-bond acceptors (Lipinski definition) is 6. The number of rotatable bonds is 4. The van der Waals surface area contributed by atoms with Gasteiger partial charge in [0.2, 0.25) is 5.91 Å². The van der Waals surface area contributed by atoms with Crippen molar-refractivity contribution in [3.8, 4) is 0 Å². The predicted octanol–water partition coefficient (Wildman–Crippen LogP) is 0.602. The summed E-state index contributed by atoms with van der Waals surface area (Å²) in [5.74, 6) is 1.17. The number of carbonyl (C=O) groups excluding carboxylic acids is 1. The van der Waals surface area contributed by atoms with Crippen LogP contribution in [0.25, 0.3) is 0 Å². The topological polar surface area (TPSA) is 70.6 Å². The molecule has 1 N–H and O–H groups in total. The third-order valence-electron chi connectivity index (χ3n) is 5.55. The van der Waals surface area contributed by atoms with E-state index in [9.17, 15) is 4.79 Å². The Morgan fingerprint density at radius 3 is 2.92 bits per heavy atom. The normalized spacial score (nSPS) is 30.3. The summed E-state index contributed by atoms with van der Waals surface area (Å²) < 4.78 is 5.34. The molecule has 3 heterocycles. The molecule has 7 nitrogen and oxygen atoms in total. The maximum absolute atomic E-state index is 12.5. The summed E-state index contributed by atoms with van der Waals surface area (Å²) in [7, 11) is 0. The zero-order valence-corrected chi connectivity index (χ0v) is 14.0. The van der Waals surface area contributed by atoms with Gasteiger partial charge in [0.25, 0.3) is 0 Å². The molecular formula is C17H25N5O2. The second kappa shape index (κ2) is 6.64.